The van der Waals surface area contributed by atoms with E-state index in [1.165, 1.54) is 42.5 Å². The maximum atomic E-state index is 3.78. The van der Waals surface area contributed by atoms with Crippen LogP contribution < -0.4 is 5.32 Å². The molecule has 1 nitrogen and oxygen atoms in total. The van der Waals surface area contributed by atoms with Gasteiger partial charge in [-0.3, -0.25) is 0 Å². The predicted molar refractivity (Wildman–Crippen MR) is 89.5 cm³/mol. The molecule has 0 aliphatic carbocycles. The van der Waals surface area contributed by atoms with Crippen molar-refractivity contribution in [3.63, 3.8) is 0 Å². The van der Waals surface area contributed by atoms with Crippen molar-refractivity contribution >= 4 is 5.69 Å². The number of fused-ring (bicyclic) bond motifs is 1. The van der Waals surface area contributed by atoms with E-state index >= 15 is 0 Å². The molecule has 20 heavy (non-hydrogen) atoms. The first-order valence-electron chi connectivity index (χ1n) is 8.11. The van der Waals surface area contributed by atoms with Crippen LogP contribution in [0.1, 0.15) is 71.4 Å². The molecule has 1 heteroatoms. The second-order valence-corrected chi connectivity index (χ2v) is 8.18. The normalized spacial score (nSPS) is 26.0. The average Bonchev–Trinajstić information content (AvgIpc) is 2.25. The molecule has 112 valence electrons. The highest BCUT2D eigenvalue weighted by atomic mass is 14.9. The summed E-state index contributed by atoms with van der Waals surface area (Å²) in [6, 6.07) is 7.58. The van der Waals surface area contributed by atoms with Gasteiger partial charge in [0.05, 0.1) is 0 Å². The number of hydrogen-bond acceptors (Lipinski definition) is 1. The molecular weight excluding hydrogens is 242 g/mol. The van der Waals surface area contributed by atoms with Crippen LogP contribution in [0, 0.1) is 12.3 Å². The summed E-state index contributed by atoms with van der Waals surface area (Å²) >= 11 is 0. The third-order valence-electron chi connectivity index (χ3n) is 4.44. The third-order valence-corrected chi connectivity index (χ3v) is 4.44. The Hall–Kier alpha value is -0.980. The highest BCUT2D eigenvalue weighted by Crippen LogP contribution is 2.46. The molecule has 1 aromatic rings. The number of aryl methyl sites for hydroxylation is 1. The van der Waals surface area contributed by atoms with Crippen molar-refractivity contribution in [2.45, 2.75) is 78.7 Å². The van der Waals surface area contributed by atoms with Gasteiger partial charge in [0.25, 0.3) is 0 Å². The maximum Gasteiger partial charge on any atom is 0.0383 e. The van der Waals surface area contributed by atoms with Crippen molar-refractivity contribution in [1.82, 2.24) is 0 Å². The van der Waals surface area contributed by atoms with Gasteiger partial charge in [0, 0.05) is 11.7 Å². The summed E-state index contributed by atoms with van der Waals surface area (Å²) in [4.78, 5) is 0. The van der Waals surface area contributed by atoms with Gasteiger partial charge in [-0.1, -0.05) is 53.2 Å². The monoisotopic (exact) mass is 273 g/mol. The Morgan fingerprint density at radius 1 is 1.30 bits per heavy atom. The lowest BCUT2D eigenvalue weighted by Crippen LogP contribution is -2.40. The minimum atomic E-state index is 0.298. The molecule has 1 aliphatic rings. The van der Waals surface area contributed by atoms with E-state index in [0.717, 1.165) is 0 Å². The summed E-state index contributed by atoms with van der Waals surface area (Å²) in [5, 5.41) is 3.78. The Balaban J connectivity index is 2.40. The number of rotatable bonds is 3. The first kappa shape index (κ1) is 15.4. The average molecular weight is 273 g/mol. The molecule has 1 N–H and O–H groups in total. The summed E-state index contributed by atoms with van der Waals surface area (Å²) in [5.41, 5.74) is 4.91. The van der Waals surface area contributed by atoms with E-state index in [9.17, 15) is 0 Å². The van der Waals surface area contributed by atoms with Crippen LogP contribution in [0.2, 0.25) is 0 Å². The molecule has 1 heterocycles. The Labute approximate surface area is 125 Å². The Kier molecular flexibility index (Phi) is 4.18. The molecule has 2 unspecified atom stereocenters. The minimum absolute atomic E-state index is 0.298. The minimum Gasteiger partial charge on any atom is -0.382 e. The van der Waals surface area contributed by atoms with Crippen LogP contribution >= 0.6 is 0 Å². The molecule has 0 aromatic heterocycles. The van der Waals surface area contributed by atoms with Gasteiger partial charge in [0.2, 0.25) is 0 Å². The van der Waals surface area contributed by atoms with Gasteiger partial charge in [-0.15, -0.1) is 0 Å². The van der Waals surface area contributed by atoms with Crippen LogP contribution in [-0.4, -0.2) is 6.04 Å². The zero-order valence-corrected chi connectivity index (χ0v) is 14.1. The number of hydrogen-bond donors (Lipinski definition) is 1. The van der Waals surface area contributed by atoms with Gasteiger partial charge in [0.1, 0.15) is 0 Å². The van der Waals surface area contributed by atoms with Crippen molar-refractivity contribution in [3.8, 4) is 0 Å². The lowest BCUT2D eigenvalue weighted by atomic mass is 9.65. The first-order chi connectivity index (χ1) is 9.23. The van der Waals surface area contributed by atoms with Gasteiger partial charge in [-0.05, 0) is 54.2 Å². The van der Waals surface area contributed by atoms with Crippen LogP contribution in [0.25, 0.3) is 0 Å². The SMILES string of the molecule is CCCC1CC(C)(CC(C)(C)C)c2ccc(C)cc2N1. The first-order valence-corrected chi connectivity index (χ1v) is 8.11. The van der Waals surface area contributed by atoms with Crippen molar-refractivity contribution in [2.24, 2.45) is 5.41 Å². The van der Waals surface area contributed by atoms with E-state index in [-0.39, 0.29) is 0 Å². The summed E-state index contributed by atoms with van der Waals surface area (Å²) < 4.78 is 0. The fourth-order valence-corrected chi connectivity index (χ4v) is 4.09. The van der Waals surface area contributed by atoms with Crippen LogP contribution in [-0.2, 0) is 5.41 Å². The molecule has 0 bridgehead atoms. The highest BCUT2D eigenvalue weighted by molar-refractivity contribution is 5.59. The second-order valence-electron chi connectivity index (χ2n) is 8.18. The molecule has 0 saturated carbocycles. The standard InChI is InChI=1S/C19H31N/c1-7-8-15-12-19(6,13-18(3,4)5)16-10-9-14(2)11-17(16)20-15/h9-11,15,20H,7-8,12-13H2,1-6H3. The lowest BCUT2D eigenvalue weighted by molar-refractivity contribution is 0.239. The van der Waals surface area contributed by atoms with Gasteiger partial charge in [-0.2, -0.15) is 0 Å². The van der Waals surface area contributed by atoms with Crippen LogP contribution in [0.5, 0.6) is 0 Å². The zero-order valence-electron chi connectivity index (χ0n) is 14.1. The molecule has 0 amide bonds. The molecule has 1 aliphatic heterocycles. The predicted octanol–water partition coefficient (Wildman–Crippen LogP) is 5.67. The Bertz CT molecular complexity index is 469. The van der Waals surface area contributed by atoms with E-state index in [4.69, 9.17) is 0 Å². The van der Waals surface area contributed by atoms with Crippen LogP contribution in [0.4, 0.5) is 5.69 Å². The number of nitrogens with one attached hydrogen (secondary N) is 1. The molecule has 2 rings (SSSR count). The molecule has 2 atom stereocenters. The summed E-state index contributed by atoms with van der Waals surface area (Å²) in [7, 11) is 0. The smallest absolute Gasteiger partial charge is 0.0383 e. The van der Waals surface area contributed by atoms with E-state index in [1.807, 2.05) is 0 Å². The molecule has 0 spiro atoms. The molecule has 1 aromatic carbocycles. The van der Waals surface area contributed by atoms with Crippen molar-refractivity contribution in [1.29, 1.82) is 0 Å². The van der Waals surface area contributed by atoms with Gasteiger partial charge >= 0.3 is 0 Å². The Morgan fingerprint density at radius 3 is 2.60 bits per heavy atom. The summed E-state index contributed by atoms with van der Waals surface area (Å²) in [6.07, 6.45) is 5.03. The van der Waals surface area contributed by atoms with E-state index in [2.05, 4.69) is 65.1 Å². The fraction of sp³-hybridized carbons (Fsp3) is 0.684. The number of anilines is 1. The van der Waals surface area contributed by atoms with Gasteiger partial charge in [-0.25, -0.2) is 0 Å². The van der Waals surface area contributed by atoms with E-state index in [1.54, 1.807) is 0 Å². The van der Waals surface area contributed by atoms with E-state index < -0.39 is 0 Å². The van der Waals surface area contributed by atoms with Crippen molar-refractivity contribution in [3.05, 3.63) is 29.3 Å². The van der Waals surface area contributed by atoms with Crippen molar-refractivity contribution in [2.75, 3.05) is 5.32 Å². The summed E-state index contributed by atoms with van der Waals surface area (Å²) in [6.45, 7) is 14.0. The highest BCUT2D eigenvalue weighted by Gasteiger charge is 2.38. The lowest BCUT2D eigenvalue weighted by Gasteiger charge is -2.44. The molecule has 0 radical (unpaired) electrons. The molecular formula is C19H31N. The molecule has 0 fully saturated rings. The fourth-order valence-electron chi connectivity index (χ4n) is 4.09. The Morgan fingerprint density at radius 2 is 2.00 bits per heavy atom. The summed E-state index contributed by atoms with van der Waals surface area (Å²) in [5.74, 6) is 0. The van der Waals surface area contributed by atoms with Crippen LogP contribution in [0.15, 0.2) is 18.2 Å². The van der Waals surface area contributed by atoms with Crippen molar-refractivity contribution < 1.29 is 0 Å². The zero-order chi connectivity index (χ0) is 15.0. The maximum absolute atomic E-state index is 3.78. The number of benzene rings is 1. The van der Waals surface area contributed by atoms with Gasteiger partial charge < -0.3 is 5.32 Å². The topological polar surface area (TPSA) is 12.0 Å². The quantitative estimate of drug-likeness (QED) is 0.747. The molecule has 0 saturated heterocycles. The van der Waals surface area contributed by atoms with Crippen LogP contribution in [0.3, 0.4) is 0 Å². The van der Waals surface area contributed by atoms with E-state index in [0.29, 0.717) is 16.9 Å². The second kappa shape index (κ2) is 5.42. The third kappa shape index (κ3) is 3.37. The largest absolute Gasteiger partial charge is 0.382 e. The van der Waals surface area contributed by atoms with Gasteiger partial charge in [0.15, 0.2) is 0 Å².